The van der Waals surface area contributed by atoms with Crippen molar-refractivity contribution in [3.05, 3.63) is 237 Å². The van der Waals surface area contributed by atoms with E-state index in [0.717, 1.165) is 49.8 Å². The minimum Gasteiger partial charge on any atom is -0.456 e. The standard InChI is InChI=1S/C57H39N3OSi/c1-5-20-40(21-6-1)48-32-13-14-33-49(48)41-22-17-23-42(38-41)55-58-56(60-57(59-55)51-35-19-37-53-54(51)50-34-15-16-36-52(50)61-53)43-24-18-31-47(39-43)62(44-25-7-2-8-26-44,45-27-9-3-10-28-45)46-29-11-4-12-30-46/h1-39H. The lowest BCUT2D eigenvalue weighted by Gasteiger charge is -2.34. The van der Waals surface area contributed by atoms with E-state index in [2.05, 4.69) is 206 Å². The second kappa shape index (κ2) is 15.9. The van der Waals surface area contributed by atoms with Crippen molar-refractivity contribution in [1.82, 2.24) is 15.0 Å². The van der Waals surface area contributed by atoms with E-state index >= 15 is 0 Å². The molecule has 11 rings (SSSR count). The lowest BCUT2D eigenvalue weighted by molar-refractivity contribution is 0.669. The third-order valence-corrected chi connectivity index (χ3v) is 16.7. The first kappa shape index (κ1) is 37.0. The molecule has 11 aromatic rings. The number of furan rings is 1. The Morgan fingerprint density at radius 2 is 0.710 bits per heavy atom. The molecule has 0 N–H and O–H groups in total. The van der Waals surface area contributed by atoms with Crippen molar-refractivity contribution in [2.24, 2.45) is 0 Å². The summed E-state index contributed by atoms with van der Waals surface area (Å²) in [6.45, 7) is 0. The van der Waals surface area contributed by atoms with Crippen molar-refractivity contribution in [2.45, 2.75) is 0 Å². The minimum absolute atomic E-state index is 0.584. The highest BCUT2D eigenvalue weighted by Gasteiger charge is 2.41. The molecule has 0 bridgehead atoms. The molecule has 0 atom stereocenters. The molecule has 0 radical (unpaired) electrons. The van der Waals surface area contributed by atoms with Crippen LogP contribution >= 0.6 is 0 Å². The zero-order valence-corrected chi connectivity index (χ0v) is 34.8. The molecule has 62 heavy (non-hydrogen) atoms. The smallest absolute Gasteiger partial charge is 0.179 e. The second-order valence-corrected chi connectivity index (χ2v) is 19.3. The normalized spacial score (nSPS) is 11.5. The number of nitrogens with zero attached hydrogens (tertiary/aromatic N) is 3. The van der Waals surface area contributed by atoms with E-state index in [0.29, 0.717) is 17.5 Å². The van der Waals surface area contributed by atoms with Crippen LogP contribution in [0, 0.1) is 0 Å². The van der Waals surface area contributed by atoms with Gasteiger partial charge in [-0.15, -0.1) is 0 Å². The van der Waals surface area contributed by atoms with Crippen LogP contribution in [0.25, 0.3) is 78.4 Å². The van der Waals surface area contributed by atoms with E-state index < -0.39 is 8.07 Å². The van der Waals surface area contributed by atoms with Crippen LogP contribution in [0.5, 0.6) is 0 Å². The molecule has 2 aromatic heterocycles. The number of fused-ring (bicyclic) bond motifs is 3. The average Bonchev–Trinajstić information content (AvgIpc) is 3.75. The van der Waals surface area contributed by atoms with E-state index in [1.165, 1.54) is 31.9 Å². The van der Waals surface area contributed by atoms with Crippen LogP contribution in [0.2, 0.25) is 0 Å². The fourth-order valence-electron chi connectivity index (χ4n) is 9.10. The molecule has 292 valence electrons. The highest BCUT2D eigenvalue weighted by molar-refractivity contribution is 7.19. The van der Waals surface area contributed by atoms with E-state index in [9.17, 15) is 0 Å². The number of para-hydroxylation sites is 1. The van der Waals surface area contributed by atoms with Crippen LogP contribution in [-0.2, 0) is 0 Å². The Hall–Kier alpha value is -7.99. The summed E-state index contributed by atoms with van der Waals surface area (Å²) in [5.41, 5.74) is 8.88. The van der Waals surface area contributed by atoms with Gasteiger partial charge >= 0.3 is 0 Å². The van der Waals surface area contributed by atoms with Crippen LogP contribution < -0.4 is 20.7 Å². The van der Waals surface area contributed by atoms with Gasteiger partial charge in [-0.1, -0.05) is 218 Å². The average molecular weight is 810 g/mol. The second-order valence-electron chi connectivity index (χ2n) is 15.5. The van der Waals surface area contributed by atoms with Gasteiger partial charge in [-0.3, -0.25) is 0 Å². The molecule has 0 saturated heterocycles. The summed E-state index contributed by atoms with van der Waals surface area (Å²) in [5, 5.41) is 7.15. The molecule has 4 nitrogen and oxygen atoms in total. The van der Waals surface area contributed by atoms with Gasteiger partial charge in [0.2, 0.25) is 0 Å². The van der Waals surface area contributed by atoms with Crippen molar-refractivity contribution in [2.75, 3.05) is 0 Å². The van der Waals surface area contributed by atoms with Crippen LogP contribution in [0.1, 0.15) is 0 Å². The Morgan fingerprint density at radius 1 is 0.290 bits per heavy atom. The van der Waals surface area contributed by atoms with E-state index in [-0.39, 0.29) is 0 Å². The van der Waals surface area contributed by atoms with Gasteiger partial charge in [-0.05, 0) is 61.2 Å². The maximum Gasteiger partial charge on any atom is 0.179 e. The van der Waals surface area contributed by atoms with Crippen LogP contribution in [0.3, 0.4) is 0 Å². The monoisotopic (exact) mass is 809 g/mol. The molecule has 5 heteroatoms. The Labute approximate surface area is 361 Å². The third kappa shape index (κ3) is 6.52. The van der Waals surface area contributed by atoms with Gasteiger partial charge in [0, 0.05) is 27.5 Å². The molecule has 0 unspecified atom stereocenters. The number of benzene rings is 9. The molecule has 2 heterocycles. The van der Waals surface area contributed by atoms with Gasteiger partial charge in [0.1, 0.15) is 11.2 Å². The van der Waals surface area contributed by atoms with Crippen LogP contribution in [0.15, 0.2) is 241 Å². The molecule has 0 aliphatic carbocycles. The maximum atomic E-state index is 6.37. The summed E-state index contributed by atoms with van der Waals surface area (Å²) >= 11 is 0. The summed E-state index contributed by atoms with van der Waals surface area (Å²) in [6.07, 6.45) is 0. The number of hydrogen-bond donors (Lipinski definition) is 0. The maximum absolute atomic E-state index is 6.37. The van der Waals surface area contributed by atoms with Gasteiger partial charge in [-0.25, -0.2) is 15.0 Å². The summed E-state index contributed by atoms with van der Waals surface area (Å²) in [5.74, 6) is 1.78. The molecule has 9 aromatic carbocycles. The van der Waals surface area contributed by atoms with Gasteiger partial charge in [0.25, 0.3) is 0 Å². The first-order valence-corrected chi connectivity index (χ1v) is 22.9. The number of hydrogen-bond acceptors (Lipinski definition) is 4. The van der Waals surface area contributed by atoms with Crippen molar-refractivity contribution >= 4 is 50.8 Å². The van der Waals surface area contributed by atoms with Crippen molar-refractivity contribution in [1.29, 1.82) is 0 Å². The largest absolute Gasteiger partial charge is 0.456 e. The molecule has 0 aliphatic heterocycles. The fraction of sp³-hybridized carbons (Fsp3) is 0. The SMILES string of the molecule is c1ccc(-c2ccccc2-c2cccc(-c3nc(-c4cccc([Si](c5ccccc5)(c5ccccc5)c5ccccc5)c4)nc(-c4cccc5oc6ccccc6c45)n3)c2)cc1. The summed E-state index contributed by atoms with van der Waals surface area (Å²) in [6, 6.07) is 83.8. The van der Waals surface area contributed by atoms with Crippen molar-refractivity contribution in [3.8, 4) is 56.4 Å². The molecule has 0 spiro atoms. The van der Waals surface area contributed by atoms with Crippen LogP contribution in [-0.4, -0.2) is 23.0 Å². The molecule has 0 fully saturated rings. The molecule has 0 aliphatic rings. The Bertz CT molecular complexity index is 3250. The van der Waals surface area contributed by atoms with E-state index in [1.54, 1.807) is 0 Å². The molecular formula is C57H39N3OSi. The highest BCUT2D eigenvalue weighted by atomic mass is 28.3. The quantitative estimate of drug-likeness (QED) is 0.108. The van der Waals surface area contributed by atoms with Gasteiger partial charge in [-0.2, -0.15) is 0 Å². The van der Waals surface area contributed by atoms with Crippen LogP contribution in [0.4, 0.5) is 0 Å². The molecule has 0 amide bonds. The lowest BCUT2D eigenvalue weighted by Crippen LogP contribution is -2.74. The highest BCUT2D eigenvalue weighted by Crippen LogP contribution is 2.38. The van der Waals surface area contributed by atoms with Gasteiger partial charge < -0.3 is 4.42 Å². The molecule has 0 saturated carbocycles. The zero-order chi connectivity index (χ0) is 41.3. The van der Waals surface area contributed by atoms with Gasteiger partial charge in [0.05, 0.1) is 0 Å². The molecular weight excluding hydrogens is 771 g/mol. The minimum atomic E-state index is -2.84. The zero-order valence-electron chi connectivity index (χ0n) is 33.8. The number of rotatable bonds is 9. The van der Waals surface area contributed by atoms with E-state index in [4.69, 9.17) is 19.4 Å². The summed E-state index contributed by atoms with van der Waals surface area (Å²) < 4.78 is 6.37. The number of aromatic nitrogens is 3. The first-order chi connectivity index (χ1) is 30.7. The summed E-state index contributed by atoms with van der Waals surface area (Å²) in [7, 11) is -2.84. The van der Waals surface area contributed by atoms with Crippen molar-refractivity contribution < 1.29 is 4.42 Å². The van der Waals surface area contributed by atoms with Crippen molar-refractivity contribution in [3.63, 3.8) is 0 Å². The van der Waals surface area contributed by atoms with E-state index in [1.807, 2.05) is 30.3 Å². The Kier molecular flexibility index (Phi) is 9.49. The predicted molar refractivity (Wildman–Crippen MR) is 258 cm³/mol. The first-order valence-electron chi connectivity index (χ1n) is 20.9. The topological polar surface area (TPSA) is 51.8 Å². The predicted octanol–water partition coefficient (Wildman–Crippen LogP) is 11.5. The summed E-state index contributed by atoms with van der Waals surface area (Å²) in [4.78, 5) is 16.0. The third-order valence-electron chi connectivity index (χ3n) is 11.9. The lowest BCUT2D eigenvalue weighted by atomic mass is 9.94. The Morgan fingerprint density at radius 3 is 1.35 bits per heavy atom. The Balaban J connectivity index is 1.14. The van der Waals surface area contributed by atoms with Gasteiger partial charge in [0.15, 0.2) is 25.5 Å². The fourth-order valence-corrected chi connectivity index (χ4v) is 13.9.